The van der Waals surface area contributed by atoms with E-state index >= 15 is 0 Å². The maximum atomic E-state index is 11.3. The normalized spacial score (nSPS) is 9.61. The number of benzene rings is 1. The predicted octanol–water partition coefficient (Wildman–Crippen LogP) is 1.69. The Morgan fingerprint density at radius 2 is 1.83 bits per heavy atom. The van der Waals surface area contributed by atoms with E-state index in [1.807, 2.05) is 13.0 Å². The molecule has 0 aliphatic rings. The van der Waals surface area contributed by atoms with Crippen LogP contribution in [0.2, 0.25) is 0 Å². The number of ether oxygens (including phenoxy) is 1. The van der Waals surface area contributed by atoms with Crippen LogP contribution in [0.5, 0.6) is 5.75 Å². The largest absolute Gasteiger partial charge is 0.412 e. The topological polar surface area (TPSA) is 67.4 Å². The number of amides is 2. The average molecular weight is 250 g/mol. The van der Waals surface area contributed by atoms with Crippen molar-refractivity contribution in [3.63, 3.8) is 0 Å². The molecule has 98 valence electrons. The van der Waals surface area contributed by atoms with Gasteiger partial charge in [-0.3, -0.25) is 4.79 Å². The van der Waals surface area contributed by atoms with Gasteiger partial charge in [-0.1, -0.05) is 25.1 Å². The third-order valence-electron chi connectivity index (χ3n) is 2.15. The zero-order valence-electron chi connectivity index (χ0n) is 10.4. The first kappa shape index (κ1) is 14.0. The SMILES string of the molecule is CCCNC(=O)CCNC(=O)Oc1ccccc1. The van der Waals surface area contributed by atoms with Crippen molar-refractivity contribution in [2.24, 2.45) is 0 Å². The van der Waals surface area contributed by atoms with E-state index in [1.54, 1.807) is 24.3 Å². The first-order valence-electron chi connectivity index (χ1n) is 5.99. The highest BCUT2D eigenvalue weighted by Gasteiger charge is 2.05. The van der Waals surface area contributed by atoms with Crippen LogP contribution >= 0.6 is 0 Å². The molecule has 0 saturated heterocycles. The molecule has 2 amide bonds. The molecular weight excluding hydrogens is 232 g/mol. The van der Waals surface area contributed by atoms with Crippen LogP contribution in [0.1, 0.15) is 19.8 Å². The monoisotopic (exact) mass is 250 g/mol. The van der Waals surface area contributed by atoms with Crippen molar-refractivity contribution in [3.8, 4) is 5.75 Å². The van der Waals surface area contributed by atoms with Gasteiger partial charge in [-0.25, -0.2) is 4.79 Å². The summed E-state index contributed by atoms with van der Waals surface area (Å²) in [6, 6.07) is 8.77. The van der Waals surface area contributed by atoms with E-state index in [0.29, 0.717) is 12.3 Å². The molecule has 0 unspecified atom stereocenters. The van der Waals surface area contributed by atoms with E-state index in [2.05, 4.69) is 10.6 Å². The van der Waals surface area contributed by atoms with E-state index in [1.165, 1.54) is 0 Å². The summed E-state index contributed by atoms with van der Waals surface area (Å²) in [6.45, 7) is 2.91. The number of carbonyl (C=O) groups excluding carboxylic acids is 2. The Morgan fingerprint density at radius 1 is 1.11 bits per heavy atom. The van der Waals surface area contributed by atoms with Crippen LogP contribution in [0.3, 0.4) is 0 Å². The maximum Gasteiger partial charge on any atom is 0.412 e. The van der Waals surface area contributed by atoms with E-state index < -0.39 is 6.09 Å². The van der Waals surface area contributed by atoms with Crippen molar-refractivity contribution in [2.75, 3.05) is 13.1 Å². The summed E-state index contributed by atoms with van der Waals surface area (Å²) in [7, 11) is 0. The van der Waals surface area contributed by atoms with Gasteiger partial charge in [0.25, 0.3) is 0 Å². The molecule has 0 aliphatic carbocycles. The van der Waals surface area contributed by atoms with Crippen LogP contribution in [0.15, 0.2) is 30.3 Å². The van der Waals surface area contributed by atoms with Crippen LogP contribution < -0.4 is 15.4 Å². The quantitative estimate of drug-likeness (QED) is 0.807. The highest BCUT2D eigenvalue weighted by molar-refractivity contribution is 5.77. The van der Waals surface area contributed by atoms with Gasteiger partial charge in [0.05, 0.1) is 0 Å². The molecule has 0 fully saturated rings. The van der Waals surface area contributed by atoms with Gasteiger partial charge in [-0.15, -0.1) is 0 Å². The summed E-state index contributed by atoms with van der Waals surface area (Å²) in [6.07, 6.45) is 0.600. The third-order valence-corrected chi connectivity index (χ3v) is 2.15. The fraction of sp³-hybridized carbons (Fsp3) is 0.385. The summed E-state index contributed by atoms with van der Waals surface area (Å²) < 4.78 is 5.00. The number of hydrogen-bond acceptors (Lipinski definition) is 3. The van der Waals surface area contributed by atoms with Gasteiger partial charge >= 0.3 is 6.09 Å². The summed E-state index contributed by atoms with van der Waals surface area (Å²) in [5, 5.41) is 5.24. The zero-order chi connectivity index (χ0) is 13.2. The third kappa shape index (κ3) is 5.89. The second kappa shape index (κ2) is 8.11. The fourth-order valence-electron chi connectivity index (χ4n) is 1.26. The van der Waals surface area contributed by atoms with E-state index in [9.17, 15) is 9.59 Å². The molecule has 0 aliphatic heterocycles. The molecule has 0 atom stereocenters. The van der Waals surface area contributed by atoms with Crippen molar-refractivity contribution >= 4 is 12.0 Å². The summed E-state index contributed by atoms with van der Waals surface area (Å²) in [5.41, 5.74) is 0. The Kier molecular flexibility index (Phi) is 6.32. The lowest BCUT2D eigenvalue weighted by Crippen LogP contribution is -2.32. The van der Waals surface area contributed by atoms with Gasteiger partial charge in [0.2, 0.25) is 5.91 Å². The van der Waals surface area contributed by atoms with Gasteiger partial charge in [-0.2, -0.15) is 0 Å². The highest BCUT2D eigenvalue weighted by Crippen LogP contribution is 2.07. The molecule has 0 radical (unpaired) electrons. The molecule has 18 heavy (non-hydrogen) atoms. The minimum absolute atomic E-state index is 0.0724. The van der Waals surface area contributed by atoms with Gasteiger partial charge in [0, 0.05) is 19.5 Å². The molecule has 2 N–H and O–H groups in total. The Hall–Kier alpha value is -2.04. The number of rotatable bonds is 6. The van der Waals surface area contributed by atoms with Crippen LogP contribution in [0, 0.1) is 0 Å². The summed E-state index contributed by atoms with van der Waals surface area (Å²) in [5.74, 6) is 0.405. The highest BCUT2D eigenvalue weighted by atomic mass is 16.6. The smallest absolute Gasteiger partial charge is 0.410 e. The van der Waals surface area contributed by atoms with Gasteiger partial charge in [-0.05, 0) is 18.6 Å². The van der Waals surface area contributed by atoms with E-state index in [0.717, 1.165) is 6.42 Å². The maximum absolute atomic E-state index is 11.3. The Balaban J connectivity index is 2.16. The summed E-state index contributed by atoms with van der Waals surface area (Å²) >= 11 is 0. The number of carbonyl (C=O) groups is 2. The molecule has 5 heteroatoms. The Bertz CT molecular complexity index is 379. The van der Waals surface area contributed by atoms with Crippen molar-refractivity contribution in [1.29, 1.82) is 0 Å². The summed E-state index contributed by atoms with van der Waals surface area (Å²) in [4.78, 5) is 22.6. The van der Waals surface area contributed by atoms with Crippen LogP contribution in [0.25, 0.3) is 0 Å². The van der Waals surface area contributed by atoms with Crippen molar-refractivity contribution in [2.45, 2.75) is 19.8 Å². The zero-order valence-corrected chi connectivity index (χ0v) is 10.4. The Labute approximate surface area is 107 Å². The molecule has 0 bridgehead atoms. The van der Waals surface area contributed by atoms with Crippen LogP contribution in [-0.4, -0.2) is 25.1 Å². The molecule has 1 rings (SSSR count). The standard InChI is InChI=1S/C13H18N2O3/c1-2-9-14-12(16)8-10-15-13(17)18-11-6-4-3-5-7-11/h3-7H,2,8-10H2,1H3,(H,14,16)(H,15,17). The van der Waals surface area contributed by atoms with E-state index in [4.69, 9.17) is 4.74 Å². The lowest BCUT2D eigenvalue weighted by molar-refractivity contribution is -0.120. The molecular formula is C13H18N2O3. The van der Waals surface area contributed by atoms with Crippen molar-refractivity contribution in [1.82, 2.24) is 10.6 Å². The minimum atomic E-state index is -0.551. The molecule has 1 aromatic rings. The van der Waals surface area contributed by atoms with Gasteiger partial charge < -0.3 is 15.4 Å². The van der Waals surface area contributed by atoms with Crippen LogP contribution in [-0.2, 0) is 4.79 Å². The molecule has 0 saturated carbocycles. The first-order chi connectivity index (χ1) is 8.72. The molecule has 1 aromatic carbocycles. The predicted molar refractivity (Wildman–Crippen MR) is 68.4 cm³/mol. The Morgan fingerprint density at radius 3 is 2.50 bits per heavy atom. The average Bonchev–Trinajstić information content (AvgIpc) is 2.37. The first-order valence-corrected chi connectivity index (χ1v) is 5.99. The number of para-hydroxylation sites is 1. The lowest BCUT2D eigenvalue weighted by atomic mass is 10.3. The number of nitrogens with one attached hydrogen (secondary N) is 2. The van der Waals surface area contributed by atoms with Crippen LogP contribution in [0.4, 0.5) is 4.79 Å². The molecule has 0 spiro atoms. The van der Waals surface area contributed by atoms with Crippen molar-refractivity contribution < 1.29 is 14.3 Å². The second-order valence-corrected chi connectivity index (χ2v) is 3.73. The van der Waals surface area contributed by atoms with Gasteiger partial charge in [0.1, 0.15) is 5.75 Å². The van der Waals surface area contributed by atoms with Gasteiger partial charge in [0.15, 0.2) is 0 Å². The number of hydrogen-bond donors (Lipinski definition) is 2. The molecule has 0 heterocycles. The molecule has 0 aromatic heterocycles. The lowest BCUT2D eigenvalue weighted by Gasteiger charge is -2.06. The fourth-order valence-corrected chi connectivity index (χ4v) is 1.26. The van der Waals surface area contributed by atoms with Crippen molar-refractivity contribution in [3.05, 3.63) is 30.3 Å². The minimum Gasteiger partial charge on any atom is -0.410 e. The van der Waals surface area contributed by atoms with E-state index in [-0.39, 0.29) is 18.9 Å². The molecule has 5 nitrogen and oxygen atoms in total. The second-order valence-electron chi connectivity index (χ2n) is 3.73.